The quantitative estimate of drug-likeness (QED) is 0.611. The van der Waals surface area contributed by atoms with Gasteiger partial charge in [0.25, 0.3) is 0 Å². The van der Waals surface area contributed by atoms with Crippen LogP contribution in [-0.4, -0.2) is 38.6 Å². The average molecular weight is 431 g/mol. The molecule has 3 aromatic rings. The predicted octanol–water partition coefficient (Wildman–Crippen LogP) is 4.35. The number of pyridine rings is 1. The van der Waals surface area contributed by atoms with Crippen LogP contribution in [0.5, 0.6) is 0 Å². The first-order valence-corrected chi connectivity index (χ1v) is 9.06. The van der Waals surface area contributed by atoms with Crippen LogP contribution in [0.1, 0.15) is 0 Å². The van der Waals surface area contributed by atoms with Crippen molar-refractivity contribution in [3.63, 3.8) is 0 Å². The fourth-order valence-electron chi connectivity index (χ4n) is 2.41. The lowest BCUT2D eigenvalue weighted by Gasteiger charge is -2.16. The topological polar surface area (TPSA) is 54.6 Å². The molecule has 136 valence electrons. The van der Waals surface area contributed by atoms with Crippen molar-refractivity contribution in [3.8, 4) is 0 Å². The Hall–Kier alpha value is -1.64. The van der Waals surface area contributed by atoms with E-state index in [0.29, 0.717) is 37.8 Å². The minimum absolute atomic E-state index is 0.134. The molecule has 1 amide bonds. The van der Waals surface area contributed by atoms with E-state index in [1.54, 1.807) is 57.6 Å². The first-order valence-electron chi connectivity index (χ1n) is 7.52. The number of fused-ring (bicyclic) bond motifs is 1. The molecule has 2 heterocycles. The Labute approximate surface area is 169 Å². The summed E-state index contributed by atoms with van der Waals surface area (Å²) >= 11 is 23.6. The van der Waals surface area contributed by atoms with Crippen LogP contribution in [0.4, 0.5) is 5.69 Å². The van der Waals surface area contributed by atoms with Gasteiger partial charge in [-0.25, -0.2) is 4.68 Å². The number of carbonyl (C=O) groups excluding carboxylic acids is 1. The Morgan fingerprint density at radius 3 is 2.73 bits per heavy atom. The second-order valence-electron chi connectivity index (χ2n) is 5.67. The van der Waals surface area contributed by atoms with Crippen LogP contribution in [0.25, 0.3) is 5.65 Å². The zero-order chi connectivity index (χ0) is 18.8. The standard InChI is InChI=1S/C16H14Cl3N5OS/c1-22(8-14(25)20-13-5-3-2-4-11(13)18)9-24-16(26)23-7-10(17)6-12(19)15(23)21-24/h2-7H,8-9H2,1H3,(H,20,25). The second-order valence-corrected chi connectivity index (χ2v) is 7.28. The molecule has 3 rings (SSSR count). The number of aromatic nitrogens is 3. The van der Waals surface area contributed by atoms with Gasteiger partial charge in [-0.2, -0.15) is 0 Å². The van der Waals surface area contributed by atoms with Crippen molar-refractivity contribution in [3.05, 3.63) is 56.4 Å². The summed E-state index contributed by atoms with van der Waals surface area (Å²) in [5.74, 6) is -0.197. The van der Waals surface area contributed by atoms with E-state index < -0.39 is 0 Å². The smallest absolute Gasteiger partial charge is 0.238 e. The molecule has 0 saturated carbocycles. The fraction of sp³-hybridized carbons (Fsp3) is 0.188. The van der Waals surface area contributed by atoms with Crippen molar-refractivity contribution in [1.82, 2.24) is 19.1 Å². The molecule has 1 aromatic carbocycles. The molecule has 0 saturated heterocycles. The van der Waals surface area contributed by atoms with Crippen LogP contribution >= 0.6 is 47.0 Å². The fourth-order valence-corrected chi connectivity index (χ4v) is 3.34. The Kier molecular flexibility index (Phi) is 5.84. The zero-order valence-electron chi connectivity index (χ0n) is 13.6. The summed E-state index contributed by atoms with van der Waals surface area (Å²) in [7, 11) is 1.78. The first-order chi connectivity index (χ1) is 12.3. The van der Waals surface area contributed by atoms with Crippen molar-refractivity contribution in [2.45, 2.75) is 6.67 Å². The molecule has 0 spiro atoms. The highest BCUT2D eigenvalue weighted by atomic mass is 35.5. The number of carbonyl (C=O) groups is 1. The summed E-state index contributed by atoms with van der Waals surface area (Å²) in [4.78, 5) is 14.0. The average Bonchev–Trinajstić information content (AvgIpc) is 2.86. The monoisotopic (exact) mass is 429 g/mol. The summed E-state index contributed by atoms with van der Waals surface area (Å²) in [5.41, 5.74) is 1.08. The molecule has 0 radical (unpaired) electrons. The molecular formula is C16H14Cl3N5OS. The van der Waals surface area contributed by atoms with Gasteiger partial charge in [0.1, 0.15) is 0 Å². The molecule has 0 aliphatic carbocycles. The van der Waals surface area contributed by atoms with Gasteiger partial charge in [-0.05, 0) is 37.5 Å². The maximum Gasteiger partial charge on any atom is 0.238 e. The van der Waals surface area contributed by atoms with Crippen molar-refractivity contribution in [1.29, 1.82) is 0 Å². The normalized spacial score (nSPS) is 11.3. The number of hydrogen-bond acceptors (Lipinski definition) is 4. The number of likely N-dealkylation sites (N-methyl/N-ethyl adjacent to an activating group) is 1. The lowest BCUT2D eigenvalue weighted by Crippen LogP contribution is -2.32. The zero-order valence-corrected chi connectivity index (χ0v) is 16.7. The molecule has 0 atom stereocenters. The van der Waals surface area contributed by atoms with Gasteiger partial charge in [-0.1, -0.05) is 46.9 Å². The number of nitrogens with one attached hydrogen (secondary N) is 1. The highest BCUT2D eigenvalue weighted by Crippen LogP contribution is 2.22. The largest absolute Gasteiger partial charge is 0.324 e. The molecule has 0 fully saturated rings. The minimum atomic E-state index is -0.197. The molecule has 6 nitrogen and oxygen atoms in total. The van der Waals surface area contributed by atoms with Crippen molar-refractivity contribution in [2.75, 3.05) is 18.9 Å². The number of nitrogens with zero attached hydrogens (tertiary/aromatic N) is 4. The minimum Gasteiger partial charge on any atom is -0.324 e. The molecule has 0 bridgehead atoms. The van der Waals surface area contributed by atoms with Crippen molar-refractivity contribution >= 4 is 64.3 Å². The van der Waals surface area contributed by atoms with Crippen molar-refractivity contribution in [2.24, 2.45) is 0 Å². The van der Waals surface area contributed by atoms with E-state index in [1.165, 1.54) is 0 Å². The molecule has 2 aromatic heterocycles. The van der Waals surface area contributed by atoms with Gasteiger partial charge >= 0.3 is 0 Å². The van der Waals surface area contributed by atoms with Crippen LogP contribution in [0.2, 0.25) is 15.1 Å². The summed E-state index contributed by atoms with van der Waals surface area (Å²) < 4.78 is 3.65. The maximum atomic E-state index is 12.2. The molecule has 0 aliphatic heterocycles. The third-order valence-electron chi connectivity index (χ3n) is 3.54. The second kappa shape index (κ2) is 7.94. The number of halogens is 3. The number of amides is 1. The SMILES string of the molecule is CN(CC(=O)Nc1ccccc1Cl)Cn1nc2c(Cl)cc(Cl)cn2c1=S. The van der Waals surface area contributed by atoms with E-state index >= 15 is 0 Å². The van der Waals surface area contributed by atoms with Gasteiger partial charge in [0.15, 0.2) is 5.65 Å². The van der Waals surface area contributed by atoms with E-state index in [4.69, 9.17) is 47.0 Å². The number of hydrogen-bond donors (Lipinski definition) is 1. The number of anilines is 1. The Morgan fingerprint density at radius 2 is 2.00 bits per heavy atom. The van der Waals surface area contributed by atoms with Gasteiger partial charge < -0.3 is 5.32 Å². The lowest BCUT2D eigenvalue weighted by atomic mass is 10.3. The molecular weight excluding hydrogens is 417 g/mol. The van der Waals surface area contributed by atoms with Crippen LogP contribution in [-0.2, 0) is 11.5 Å². The van der Waals surface area contributed by atoms with E-state index in [0.717, 1.165) is 0 Å². The Bertz CT molecular complexity index is 1030. The van der Waals surface area contributed by atoms with Gasteiger partial charge in [-0.3, -0.25) is 14.1 Å². The lowest BCUT2D eigenvalue weighted by molar-refractivity contribution is -0.117. The summed E-state index contributed by atoms with van der Waals surface area (Å²) in [6.07, 6.45) is 1.65. The van der Waals surface area contributed by atoms with E-state index in [-0.39, 0.29) is 12.5 Å². The number of rotatable bonds is 5. The highest BCUT2D eigenvalue weighted by molar-refractivity contribution is 7.71. The maximum absolute atomic E-state index is 12.2. The molecule has 1 N–H and O–H groups in total. The van der Waals surface area contributed by atoms with Crippen LogP contribution in [0, 0.1) is 4.77 Å². The third-order valence-corrected chi connectivity index (χ3v) is 4.76. The van der Waals surface area contributed by atoms with Crippen LogP contribution in [0.3, 0.4) is 0 Å². The van der Waals surface area contributed by atoms with Crippen LogP contribution in [0.15, 0.2) is 36.5 Å². The molecule has 10 heteroatoms. The van der Waals surface area contributed by atoms with Gasteiger partial charge in [0.05, 0.1) is 34.0 Å². The summed E-state index contributed by atoms with van der Waals surface area (Å²) in [5, 5.41) is 8.51. The van der Waals surface area contributed by atoms with Crippen molar-refractivity contribution < 1.29 is 4.79 Å². The summed E-state index contributed by atoms with van der Waals surface area (Å²) in [6.45, 7) is 0.444. The van der Waals surface area contributed by atoms with Gasteiger partial charge in [0.2, 0.25) is 10.7 Å². The number of benzene rings is 1. The van der Waals surface area contributed by atoms with E-state index in [2.05, 4.69) is 10.4 Å². The summed E-state index contributed by atoms with van der Waals surface area (Å²) in [6, 6.07) is 8.66. The predicted molar refractivity (Wildman–Crippen MR) is 107 cm³/mol. The van der Waals surface area contributed by atoms with Gasteiger partial charge in [-0.15, -0.1) is 5.10 Å². The third kappa shape index (κ3) is 4.19. The Morgan fingerprint density at radius 1 is 1.27 bits per heavy atom. The number of para-hydroxylation sites is 1. The van der Waals surface area contributed by atoms with Crippen LogP contribution < -0.4 is 5.32 Å². The van der Waals surface area contributed by atoms with E-state index in [1.807, 2.05) is 0 Å². The highest BCUT2D eigenvalue weighted by Gasteiger charge is 2.13. The molecule has 0 aliphatic rings. The van der Waals surface area contributed by atoms with Gasteiger partial charge in [0, 0.05) is 6.20 Å². The molecule has 0 unspecified atom stereocenters. The van der Waals surface area contributed by atoms with E-state index in [9.17, 15) is 4.79 Å². The Balaban J connectivity index is 1.71. The molecule has 26 heavy (non-hydrogen) atoms. The first kappa shape index (κ1) is 19.1.